The third-order valence-electron chi connectivity index (χ3n) is 4.50. The zero-order valence-corrected chi connectivity index (χ0v) is 14.8. The second kappa shape index (κ2) is 7.88. The highest BCUT2D eigenvalue weighted by molar-refractivity contribution is 7.99. The molecule has 1 atom stereocenters. The lowest BCUT2D eigenvalue weighted by Gasteiger charge is -2.27. The minimum atomic E-state index is -0.385. The van der Waals surface area contributed by atoms with Crippen molar-refractivity contribution < 1.29 is 9.59 Å². The minimum Gasteiger partial charge on any atom is -0.357 e. The highest BCUT2D eigenvalue weighted by Crippen LogP contribution is 2.23. The summed E-state index contributed by atoms with van der Waals surface area (Å²) in [5, 5.41) is 2.90. The summed E-state index contributed by atoms with van der Waals surface area (Å²) in [6, 6.07) is 3.46. The molecule has 1 aromatic heterocycles. The molecule has 24 heavy (non-hydrogen) atoms. The van der Waals surface area contributed by atoms with Gasteiger partial charge in [-0.05, 0) is 31.4 Å². The van der Waals surface area contributed by atoms with E-state index >= 15 is 0 Å². The molecule has 6 nitrogen and oxygen atoms in total. The van der Waals surface area contributed by atoms with Crippen molar-refractivity contribution in [3.05, 3.63) is 18.3 Å². The van der Waals surface area contributed by atoms with Gasteiger partial charge in [0.15, 0.2) is 0 Å². The van der Waals surface area contributed by atoms with E-state index in [-0.39, 0.29) is 17.9 Å². The third kappa shape index (κ3) is 3.83. The fourth-order valence-corrected chi connectivity index (χ4v) is 4.29. The summed E-state index contributed by atoms with van der Waals surface area (Å²) in [6.45, 7) is 3.92. The van der Waals surface area contributed by atoms with E-state index in [1.807, 2.05) is 19.1 Å². The van der Waals surface area contributed by atoms with Crippen molar-refractivity contribution in [2.45, 2.75) is 38.6 Å². The van der Waals surface area contributed by atoms with Crippen LogP contribution in [0.25, 0.3) is 0 Å². The maximum absolute atomic E-state index is 12.5. The summed E-state index contributed by atoms with van der Waals surface area (Å²) in [5.74, 6) is 2.10. The first-order chi connectivity index (χ1) is 11.7. The van der Waals surface area contributed by atoms with Gasteiger partial charge in [-0.3, -0.25) is 9.59 Å². The fraction of sp³-hybridized carbons (Fsp3) is 0.588. The van der Waals surface area contributed by atoms with Crippen LogP contribution in [0.1, 0.15) is 32.6 Å². The predicted molar refractivity (Wildman–Crippen MR) is 97.2 cm³/mol. The number of rotatable bonds is 4. The minimum absolute atomic E-state index is 0.0266. The van der Waals surface area contributed by atoms with Gasteiger partial charge >= 0.3 is 0 Å². The highest BCUT2D eigenvalue weighted by atomic mass is 32.2. The molecule has 130 valence electrons. The smallest absolute Gasteiger partial charge is 0.248 e. The topological polar surface area (TPSA) is 65.5 Å². The molecule has 7 heteroatoms. The Morgan fingerprint density at radius 1 is 1.29 bits per heavy atom. The van der Waals surface area contributed by atoms with E-state index in [9.17, 15) is 9.59 Å². The van der Waals surface area contributed by atoms with Crippen LogP contribution in [0.2, 0.25) is 0 Å². The SMILES string of the molecule is CCC(=O)N1CSC[C@@H]1C(=O)Nc1ccc(N2CCCCC2)nc1. The van der Waals surface area contributed by atoms with E-state index in [1.165, 1.54) is 19.3 Å². The van der Waals surface area contributed by atoms with E-state index in [0.29, 0.717) is 23.7 Å². The van der Waals surface area contributed by atoms with Crippen molar-refractivity contribution in [1.82, 2.24) is 9.88 Å². The standard InChI is InChI=1S/C17H24N4O2S/c1-2-16(22)21-12-24-11-14(21)17(23)19-13-6-7-15(18-10-13)20-8-4-3-5-9-20/h6-7,10,14H,2-5,8-9,11-12H2,1H3,(H,19,23)/t14-/m1/s1. The number of nitrogens with zero attached hydrogens (tertiary/aromatic N) is 3. The van der Waals surface area contributed by atoms with Gasteiger partial charge in [0.1, 0.15) is 11.9 Å². The number of aromatic nitrogens is 1. The summed E-state index contributed by atoms with van der Waals surface area (Å²) >= 11 is 1.62. The lowest BCUT2D eigenvalue weighted by Crippen LogP contribution is -2.44. The lowest BCUT2D eigenvalue weighted by atomic mass is 10.1. The molecular formula is C17H24N4O2S. The number of carbonyl (C=O) groups excluding carboxylic acids is 2. The molecule has 0 saturated carbocycles. The molecular weight excluding hydrogens is 324 g/mol. The molecule has 0 aliphatic carbocycles. The molecule has 0 radical (unpaired) electrons. The van der Waals surface area contributed by atoms with Crippen molar-refractivity contribution in [3.63, 3.8) is 0 Å². The zero-order valence-electron chi connectivity index (χ0n) is 14.0. The maximum atomic E-state index is 12.5. The van der Waals surface area contributed by atoms with Gasteiger partial charge in [0, 0.05) is 25.3 Å². The summed E-state index contributed by atoms with van der Waals surface area (Å²) in [7, 11) is 0. The van der Waals surface area contributed by atoms with E-state index in [4.69, 9.17) is 0 Å². The monoisotopic (exact) mass is 348 g/mol. The molecule has 0 aromatic carbocycles. The Kier molecular flexibility index (Phi) is 5.60. The van der Waals surface area contributed by atoms with Gasteiger partial charge in [0.05, 0.1) is 17.8 Å². The van der Waals surface area contributed by atoms with E-state index < -0.39 is 0 Å². The van der Waals surface area contributed by atoms with E-state index in [2.05, 4.69) is 15.2 Å². The first-order valence-corrected chi connectivity index (χ1v) is 9.73. The van der Waals surface area contributed by atoms with Crippen molar-refractivity contribution in [3.8, 4) is 0 Å². The number of piperidine rings is 1. The summed E-state index contributed by atoms with van der Waals surface area (Å²) in [4.78, 5) is 32.8. The average molecular weight is 348 g/mol. The van der Waals surface area contributed by atoms with E-state index in [1.54, 1.807) is 22.9 Å². The number of anilines is 2. The zero-order chi connectivity index (χ0) is 16.9. The normalized spacial score (nSPS) is 21.0. The Morgan fingerprint density at radius 2 is 2.08 bits per heavy atom. The molecule has 3 heterocycles. The molecule has 0 unspecified atom stereocenters. The molecule has 0 bridgehead atoms. The Morgan fingerprint density at radius 3 is 2.75 bits per heavy atom. The van der Waals surface area contributed by atoms with Crippen molar-refractivity contribution in [1.29, 1.82) is 0 Å². The second-order valence-corrected chi connectivity index (χ2v) is 7.17. The molecule has 1 aromatic rings. The molecule has 3 rings (SSSR count). The van der Waals surface area contributed by atoms with Crippen LogP contribution in [0.4, 0.5) is 11.5 Å². The van der Waals surface area contributed by atoms with Crippen LogP contribution in [0.5, 0.6) is 0 Å². The number of hydrogen-bond donors (Lipinski definition) is 1. The summed E-state index contributed by atoms with van der Waals surface area (Å²) in [6.07, 6.45) is 5.84. The molecule has 2 saturated heterocycles. The number of pyridine rings is 1. The van der Waals surface area contributed by atoms with Crippen LogP contribution in [-0.4, -0.2) is 52.5 Å². The first-order valence-electron chi connectivity index (χ1n) is 8.58. The van der Waals surface area contributed by atoms with Crippen LogP contribution in [0.15, 0.2) is 18.3 Å². The van der Waals surface area contributed by atoms with Gasteiger partial charge in [-0.2, -0.15) is 0 Å². The largest absolute Gasteiger partial charge is 0.357 e. The molecule has 1 N–H and O–H groups in total. The highest BCUT2D eigenvalue weighted by Gasteiger charge is 2.33. The van der Waals surface area contributed by atoms with Crippen LogP contribution >= 0.6 is 11.8 Å². The Bertz CT molecular complexity index is 587. The quantitative estimate of drug-likeness (QED) is 0.905. The Labute approximate surface area is 147 Å². The maximum Gasteiger partial charge on any atom is 0.248 e. The van der Waals surface area contributed by atoms with Gasteiger partial charge in [0.25, 0.3) is 0 Å². The van der Waals surface area contributed by atoms with Crippen molar-refractivity contribution in [2.24, 2.45) is 0 Å². The fourth-order valence-electron chi connectivity index (χ4n) is 3.10. The Balaban J connectivity index is 1.61. The summed E-state index contributed by atoms with van der Waals surface area (Å²) < 4.78 is 0. The Hall–Kier alpha value is -1.76. The molecule has 2 amide bonds. The van der Waals surface area contributed by atoms with Gasteiger partial charge in [-0.25, -0.2) is 4.98 Å². The molecule has 2 aliphatic heterocycles. The number of thioether (sulfide) groups is 1. The number of amides is 2. The average Bonchev–Trinajstić information content (AvgIpc) is 3.12. The van der Waals surface area contributed by atoms with Crippen LogP contribution in [0.3, 0.4) is 0 Å². The number of hydrogen-bond acceptors (Lipinski definition) is 5. The molecule has 2 fully saturated rings. The number of carbonyl (C=O) groups is 2. The molecule has 2 aliphatic rings. The van der Waals surface area contributed by atoms with Gasteiger partial charge in [0.2, 0.25) is 11.8 Å². The predicted octanol–water partition coefficient (Wildman–Crippen LogP) is 2.32. The van der Waals surface area contributed by atoms with Gasteiger partial charge < -0.3 is 15.1 Å². The third-order valence-corrected chi connectivity index (χ3v) is 5.52. The van der Waals surface area contributed by atoms with Crippen LogP contribution in [-0.2, 0) is 9.59 Å². The summed E-state index contributed by atoms with van der Waals surface area (Å²) in [5.41, 5.74) is 0.682. The van der Waals surface area contributed by atoms with Gasteiger partial charge in [-0.15, -0.1) is 11.8 Å². The molecule has 0 spiro atoms. The van der Waals surface area contributed by atoms with Crippen molar-refractivity contribution >= 4 is 35.1 Å². The van der Waals surface area contributed by atoms with E-state index in [0.717, 1.165) is 18.9 Å². The van der Waals surface area contributed by atoms with Crippen molar-refractivity contribution in [2.75, 3.05) is 34.9 Å². The first kappa shape index (κ1) is 17.1. The second-order valence-electron chi connectivity index (χ2n) is 6.17. The lowest BCUT2D eigenvalue weighted by molar-refractivity contribution is -0.135. The number of nitrogens with one attached hydrogen (secondary N) is 1. The van der Waals surface area contributed by atoms with Crippen LogP contribution in [0, 0.1) is 0 Å². The van der Waals surface area contributed by atoms with Crippen LogP contribution < -0.4 is 10.2 Å². The van der Waals surface area contributed by atoms with Gasteiger partial charge in [-0.1, -0.05) is 6.92 Å².